The zero-order valence-electron chi connectivity index (χ0n) is 11.8. The zero-order valence-corrected chi connectivity index (χ0v) is 11.8. The van der Waals surface area contributed by atoms with Crippen LogP contribution >= 0.6 is 0 Å². The van der Waals surface area contributed by atoms with Crippen LogP contribution in [-0.2, 0) is 4.74 Å². The minimum absolute atomic E-state index is 0.250. The molecule has 0 bridgehead atoms. The van der Waals surface area contributed by atoms with Gasteiger partial charge < -0.3 is 15.2 Å². The number of rotatable bonds is 8. The predicted octanol–water partition coefficient (Wildman–Crippen LogP) is 2.63. The van der Waals surface area contributed by atoms with E-state index < -0.39 is 5.97 Å². The minimum atomic E-state index is -0.949. The molecule has 1 heterocycles. The molecule has 0 spiro atoms. The fourth-order valence-corrected chi connectivity index (χ4v) is 1.86. The van der Waals surface area contributed by atoms with Crippen molar-refractivity contribution in [2.45, 2.75) is 33.6 Å². The molecule has 0 amide bonds. The van der Waals surface area contributed by atoms with Crippen molar-refractivity contribution >= 4 is 11.8 Å². The predicted molar refractivity (Wildman–Crippen MR) is 74.9 cm³/mol. The average molecular weight is 266 g/mol. The highest BCUT2D eigenvalue weighted by Crippen LogP contribution is 2.18. The van der Waals surface area contributed by atoms with Gasteiger partial charge in [-0.15, -0.1) is 0 Å². The van der Waals surface area contributed by atoms with Gasteiger partial charge in [-0.05, 0) is 38.3 Å². The van der Waals surface area contributed by atoms with Crippen molar-refractivity contribution < 1.29 is 14.6 Å². The third-order valence-electron chi connectivity index (χ3n) is 2.66. The number of pyridine rings is 1. The van der Waals surface area contributed by atoms with E-state index >= 15 is 0 Å². The highest BCUT2D eigenvalue weighted by Gasteiger charge is 2.15. The molecule has 0 fully saturated rings. The topological polar surface area (TPSA) is 71.5 Å². The van der Waals surface area contributed by atoms with Crippen molar-refractivity contribution in [3.63, 3.8) is 0 Å². The molecule has 106 valence electrons. The SMILES string of the molecule is CCCOCCCNc1nc(C)cc(C)c1C(=O)O. The Balaban J connectivity index is 2.59. The van der Waals surface area contributed by atoms with Crippen molar-refractivity contribution in [2.75, 3.05) is 25.1 Å². The first-order valence-electron chi connectivity index (χ1n) is 6.59. The van der Waals surface area contributed by atoms with Gasteiger partial charge in [-0.3, -0.25) is 0 Å². The lowest BCUT2D eigenvalue weighted by Gasteiger charge is -2.12. The standard InChI is InChI=1S/C14H22N2O3/c1-4-7-19-8-5-6-15-13-12(14(17)18)10(2)9-11(3)16-13/h9H,4-8H2,1-3H3,(H,15,16)(H,17,18). The van der Waals surface area contributed by atoms with Crippen LogP contribution in [0, 0.1) is 13.8 Å². The average Bonchev–Trinajstić information content (AvgIpc) is 2.32. The van der Waals surface area contributed by atoms with Crippen LogP contribution in [0.3, 0.4) is 0 Å². The Labute approximate surface area is 114 Å². The van der Waals surface area contributed by atoms with Crippen LogP contribution in [-0.4, -0.2) is 35.8 Å². The number of hydrogen-bond donors (Lipinski definition) is 2. The fraction of sp³-hybridized carbons (Fsp3) is 0.571. The molecule has 5 nitrogen and oxygen atoms in total. The Hall–Kier alpha value is -1.62. The van der Waals surface area contributed by atoms with E-state index in [0.717, 1.165) is 30.7 Å². The largest absolute Gasteiger partial charge is 0.478 e. The molecule has 0 aromatic carbocycles. The summed E-state index contributed by atoms with van der Waals surface area (Å²) >= 11 is 0. The summed E-state index contributed by atoms with van der Waals surface area (Å²) in [5.41, 5.74) is 1.79. The molecule has 0 radical (unpaired) electrons. The molecule has 1 rings (SSSR count). The summed E-state index contributed by atoms with van der Waals surface area (Å²) in [6, 6.07) is 1.78. The number of carboxylic acids is 1. The highest BCUT2D eigenvalue weighted by atomic mass is 16.5. The Kier molecular flexibility index (Phi) is 6.29. The molecule has 0 aliphatic carbocycles. The van der Waals surface area contributed by atoms with Gasteiger partial charge >= 0.3 is 5.97 Å². The first kappa shape index (κ1) is 15.4. The minimum Gasteiger partial charge on any atom is -0.478 e. The summed E-state index contributed by atoms with van der Waals surface area (Å²) in [4.78, 5) is 15.5. The van der Waals surface area contributed by atoms with Crippen LogP contribution in [0.5, 0.6) is 0 Å². The van der Waals surface area contributed by atoms with Gasteiger partial charge in [-0.1, -0.05) is 6.92 Å². The quantitative estimate of drug-likeness (QED) is 0.708. The van der Waals surface area contributed by atoms with Gasteiger partial charge in [0, 0.05) is 25.5 Å². The fourth-order valence-electron chi connectivity index (χ4n) is 1.86. The van der Waals surface area contributed by atoms with Crippen LogP contribution in [0.4, 0.5) is 5.82 Å². The summed E-state index contributed by atoms with van der Waals surface area (Å²) in [5.74, 6) is -0.504. The monoisotopic (exact) mass is 266 g/mol. The molecular weight excluding hydrogens is 244 g/mol. The number of carbonyl (C=O) groups is 1. The second-order valence-electron chi connectivity index (χ2n) is 4.50. The summed E-state index contributed by atoms with van der Waals surface area (Å²) in [6.45, 7) is 7.80. The van der Waals surface area contributed by atoms with Gasteiger partial charge in [-0.2, -0.15) is 0 Å². The number of nitrogens with zero attached hydrogens (tertiary/aromatic N) is 1. The first-order chi connectivity index (χ1) is 9.06. The van der Waals surface area contributed by atoms with E-state index in [0.29, 0.717) is 19.0 Å². The molecule has 0 aliphatic rings. The van der Waals surface area contributed by atoms with Gasteiger partial charge in [0.15, 0.2) is 0 Å². The number of aromatic nitrogens is 1. The number of ether oxygens (including phenoxy) is 1. The third kappa shape index (κ3) is 4.87. The van der Waals surface area contributed by atoms with Crippen molar-refractivity contribution in [1.29, 1.82) is 0 Å². The van der Waals surface area contributed by atoms with Crippen LogP contribution in [0.15, 0.2) is 6.07 Å². The smallest absolute Gasteiger partial charge is 0.339 e. The highest BCUT2D eigenvalue weighted by molar-refractivity contribution is 5.94. The number of aryl methyl sites for hydroxylation is 2. The number of aromatic carboxylic acids is 1. The molecule has 2 N–H and O–H groups in total. The lowest BCUT2D eigenvalue weighted by atomic mass is 10.1. The van der Waals surface area contributed by atoms with E-state index in [1.807, 2.05) is 6.92 Å². The Morgan fingerprint density at radius 1 is 1.42 bits per heavy atom. The van der Waals surface area contributed by atoms with Gasteiger partial charge in [-0.25, -0.2) is 9.78 Å². The summed E-state index contributed by atoms with van der Waals surface area (Å²) in [6.07, 6.45) is 1.84. The molecule has 0 saturated heterocycles. The lowest BCUT2D eigenvalue weighted by molar-refractivity contribution is 0.0697. The van der Waals surface area contributed by atoms with E-state index in [1.165, 1.54) is 0 Å². The first-order valence-corrected chi connectivity index (χ1v) is 6.59. The maximum absolute atomic E-state index is 11.2. The molecule has 5 heteroatoms. The Morgan fingerprint density at radius 3 is 2.79 bits per heavy atom. The molecule has 0 atom stereocenters. The van der Waals surface area contributed by atoms with E-state index in [4.69, 9.17) is 4.74 Å². The van der Waals surface area contributed by atoms with Crippen LogP contribution in [0.2, 0.25) is 0 Å². The molecule has 1 aromatic heterocycles. The van der Waals surface area contributed by atoms with Crippen molar-refractivity contribution in [1.82, 2.24) is 4.98 Å². The molecule has 0 unspecified atom stereocenters. The van der Waals surface area contributed by atoms with E-state index in [-0.39, 0.29) is 5.56 Å². The molecule has 19 heavy (non-hydrogen) atoms. The van der Waals surface area contributed by atoms with Crippen molar-refractivity contribution in [3.8, 4) is 0 Å². The summed E-state index contributed by atoms with van der Waals surface area (Å²) in [5, 5.41) is 12.3. The van der Waals surface area contributed by atoms with Crippen molar-refractivity contribution in [2.24, 2.45) is 0 Å². The van der Waals surface area contributed by atoms with Gasteiger partial charge in [0.2, 0.25) is 0 Å². The van der Waals surface area contributed by atoms with Gasteiger partial charge in [0.25, 0.3) is 0 Å². The van der Waals surface area contributed by atoms with Gasteiger partial charge in [0.1, 0.15) is 11.4 Å². The summed E-state index contributed by atoms with van der Waals surface area (Å²) in [7, 11) is 0. The van der Waals surface area contributed by atoms with Crippen LogP contribution in [0.25, 0.3) is 0 Å². The number of nitrogens with one attached hydrogen (secondary N) is 1. The zero-order chi connectivity index (χ0) is 14.3. The molecule has 0 saturated carbocycles. The van der Waals surface area contributed by atoms with Crippen LogP contribution < -0.4 is 5.32 Å². The van der Waals surface area contributed by atoms with Gasteiger partial charge in [0.05, 0.1) is 0 Å². The van der Waals surface area contributed by atoms with E-state index in [2.05, 4.69) is 17.2 Å². The third-order valence-corrected chi connectivity index (χ3v) is 2.66. The maximum Gasteiger partial charge on any atom is 0.339 e. The second kappa shape index (κ2) is 7.74. The Morgan fingerprint density at radius 2 is 2.16 bits per heavy atom. The maximum atomic E-state index is 11.2. The van der Waals surface area contributed by atoms with Crippen molar-refractivity contribution in [3.05, 3.63) is 22.9 Å². The van der Waals surface area contributed by atoms with E-state index in [9.17, 15) is 9.90 Å². The summed E-state index contributed by atoms with van der Waals surface area (Å²) < 4.78 is 5.37. The molecule has 1 aromatic rings. The Bertz CT molecular complexity index is 433. The number of hydrogen-bond acceptors (Lipinski definition) is 4. The van der Waals surface area contributed by atoms with Crippen LogP contribution in [0.1, 0.15) is 41.4 Å². The van der Waals surface area contributed by atoms with E-state index in [1.54, 1.807) is 13.0 Å². The lowest BCUT2D eigenvalue weighted by Crippen LogP contribution is -2.13. The second-order valence-corrected chi connectivity index (χ2v) is 4.50. The molecular formula is C14H22N2O3. The number of carboxylic acid groups (broad SMARTS) is 1. The normalized spacial score (nSPS) is 10.5. The number of anilines is 1. The molecule has 0 aliphatic heterocycles.